The number of nitrogens with one attached hydrogen (secondary N) is 1. The second-order valence-electron chi connectivity index (χ2n) is 6.46. The maximum Gasteiger partial charge on any atom is 0.221 e. The number of aryl methyl sites for hydroxylation is 2. The molecule has 0 amide bonds. The molecule has 3 N–H and O–H groups in total. The molecule has 1 aromatic carbocycles. The van der Waals surface area contributed by atoms with Crippen LogP contribution in [-0.2, 0) is 6.42 Å². The quantitative estimate of drug-likeness (QED) is 0.723. The minimum Gasteiger partial charge on any atom is -0.496 e. The Morgan fingerprint density at radius 3 is 2.89 bits per heavy atom. The summed E-state index contributed by atoms with van der Waals surface area (Å²) in [4.78, 5) is 4.27. The molecular formula is C20H20N6O2. The van der Waals surface area contributed by atoms with Gasteiger partial charge in [-0.1, -0.05) is 13.0 Å². The standard InChI is InChI=1S/C20H20N6O2/c1-4-15-18-17(14(10-21)19(22)28-20(18)25-24-15)13-6-5-12(9-16(13)27-3)26-8-7-23-11(26)2/h5-9,17H,4,22H2,1-3H3,(H,24,25). The molecule has 2 aromatic heterocycles. The van der Waals surface area contributed by atoms with Crippen molar-refractivity contribution >= 4 is 0 Å². The zero-order chi connectivity index (χ0) is 19.8. The van der Waals surface area contributed by atoms with E-state index in [1.165, 1.54) is 0 Å². The van der Waals surface area contributed by atoms with Gasteiger partial charge in [0.2, 0.25) is 11.8 Å². The van der Waals surface area contributed by atoms with Crippen molar-refractivity contribution in [2.45, 2.75) is 26.2 Å². The molecule has 0 saturated heterocycles. The van der Waals surface area contributed by atoms with Crippen molar-refractivity contribution < 1.29 is 9.47 Å². The number of methoxy groups -OCH3 is 1. The molecule has 1 aliphatic heterocycles. The van der Waals surface area contributed by atoms with Gasteiger partial charge >= 0.3 is 0 Å². The van der Waals surface area contributed by atoms with Gasteiger partial charge in [0.1, 0.15) is 23.2 Å². The van der Waals surface area contributed by atoms with Crippen LogP contribution in [0, 0.1) is 18.3 Å². The number of aromatic amines is 1. The molecule has 8 nitrogen and oxygen atoms in total. The molecule has 0 bridgehead atoms. The first-order valence-electron chi connectivity index (χ1n) is 8.92. The normalized spacial score (nSPS) is 15.7. The second-order valence-corrected chi connectivity index (χ2v) is 6.46. The van der Waals surface area contributed by atoms with Crippen LogP contribution in [0.25, 0.3) is 5.69 Å². The molecule has 0 aliphatic carbocycles. The van der Waals surface area contributed by atoms with Crippen LogP contribution in [-0.4, -0.2) is 26.9 Å². The Kier molecular flexibility index (Phi) is 4.28. The molecule has 0 spiro atoms. The van der Waals surface area contributed by atoms with E-state index in [0.29, 0.717) is 23.6 Å². The first-order chi connectivity index (χ1) is 13.6. The van der Waals surface area contributed by atoms with E-state index in [2.05, 4.69) is 21.3 Å². The van der Waals surface area contributed by atoms with Crippen molar-refractivity contribution in [3.05, 3.63) is 64.7 Å². The Labute approximate surface area is 162 Å². The number of H-pyrrole nitrogens is 1. The maximum atomic E-state index is 9.77. The molecule has 0 radical (unpaired) electrons. The summed E-state index contributed by atoms with van der Waals surface area (Å²) in [5, 5.41) is 17.0. The van der Waals surface area contributed by atoms with Crippen molar-refractivity contribution in [3.63, 3.8) is 0 Å². The van der Waals surface area contributed by atoms with Crippen molar-refractivity contribution in [2.75, 3.05) is 7.11 Å². The Morgan fingerprint density at radius 1 is 1.43 bits per heavy atom. The predicted octanol–water partition coefficient (Wildman–Crippen LogP) is 2.69. The largest absolute Gasteiger partial charge is 0.496 e. The van der Waals surface area contributed by atoms with Gasteiger partial charge in [-0.2, -0.15) is 10.4 Å². The average molecular weight is 376 g/mol. The van der Waals surface area contributed by atoms with Gasteiger partial charge in [0, 0.05) is 24.0 Å². The van der Waals surface area contributed by atoms with Gasteiger partial charge in [-0.3, -0.25) is 0 Å². The summed E-state index contributed by atoms with van der Waals surface area (Å²) in [6.45, 7) is 3.94. The van der Waals surface area contributed by atoms with Crippen molar-refractivity contribution in [3.8, 4) is 23.4 Å². The summed E-state index contributed by atoms with van der Waals surface area (Å²) in [6.07, 6.45) is 4.33. The van der Waals surface area contributed by atoms with E-state index in [-0.39, 0.29) is 5.88 Å². The van der Waals surface area contributed by atoms with E-state index in [1.54, 1.807) is 13.3 Å². The molecular weight excluding hydrogens is 356 g/mol. The number of allylic oxidation sites excluding steroid dienone is 1. The van der Waals surface area contributed by atoms with Crippen LogP contribution < -0.4 is 15.2 Å². The fraction of sp³-hybridized carbons (Fsp3) is 0.250. The number of hydrogen-bond donors (Lipinski definition) is 2. The van der Waals surface area contributed by atoms with Gasteiger partial charge in [0.05, 0.1) is 30.0 Å². The summed E-state index contributed by atoms with van der Waals surface area (Å²) < 4.78 is 13.3. The topological polar surface area (TPSA) is 115 Å². The maximum absolute atomic E-state index is 9.77. The van der Waals surface area contributed by atoms with Crippen molar-refractivity contribution in [1.82, 2.24) is 19.7 Å². The number of fused-ring (bicyclic) bond motifs is 1. The third-order valence-corrected chi connectivity index (χ3v) is 4.99. The van der Waals surface area contributed by atoms with Crippen LogP contribution in [0.4, 0.5) is 0 Å². The summed E-state index contributed by atoms with van der Waals surface area (Å²) in [6, 6.07) is 8.05. The molecule has 3 heterocycles. The van der Waals surface area contributed by atoms with Crippen LogP contribution in [0.2, 0.25) is 0 Å². The smallest absolute Gasteiger partial charge is 0.221 e. The van der Waals surface area contributed by atoms with E-state index >= 15 is 0 Å². The number of rotatable bonds is 4. The number of nitrogens with two attached hydrogens (primary N) is 1. The third-order valence-electron chi connectivity index (χ3n) is 4.99. The summed E-state index contributed by atoms with van der Waals surface area (Å²) in [7, 11) is 1.61. The highest BCUT2D eigenvalue weighted by atomic mass is 16.5. The number of nitrogens with zero attached hydrogens (tertiary/aromatic N) is 4. The molecule has 28 heavy (non-hydrogen) atoms. The first-order valence-corrected chi connectivity index (χ1v) is 8.92. The van der Waals surface area contributed by atoms with Gasteiger partial charge in [0.25, 0.3) is 0 Å². The molecule has 1 aliphatic rings. The molecule has 0 fully saturated rings. The SMILES string of the molecule is CCc1n[nH]c2c1C(c1ccc(-n3ccnc3C)cc1OC)C(C#N)=C(N)O2. The lowest BCUT2D eigenvalue weighted by molar-refractivity contribution is 0.374. The lowest BCUT2D eigenvalue weighted by Crippen LogP contribution is -2.21. The van der Waals surface area contributed by atoms with Crippen molar-refractivity contribution in [1.29, 1.82) is 5.26 Å². The number of hydrogen-bond acceptors (Lipinski definition) is 6. The van der Waals surface area contributed by atoms with Gasteiger partial charge in [0.15, 0.2) is 0 Å². The monoisotopic (exact) mass is 376 g/mol. The third kappa shape index (κ3) is 2.60. The molecule has 1 atom stereocenters. The highest BCUT2D eigenvalue weighted by Crippen LogP contribution is 2.46. The minimum absolute atomic E-state index is 0.0721. The number of benzene rings is 1. The average Bonchev–Trinajstić information content (AvgIpc) is 3.32. The van der Waals surface area contributed by atoms with Gasteiger partial charge in [-0.05, 0) is 19.4 Å². The number of aromatic nitrogens is 4. The molecule has 0 saturated carbocycles. The Bertz CT molecular complexity index is 1120. The van der Waals surface area contributed by atoms with E-state index in [0.717, 1.165) is 28.3 Å². The number of nitriles is 1. The van der Waals surface area contributed by atoms with E-state index in [1.807, 2.05) is 42.8 Å². The number of ether oxygens (including phenoxy) is 2. The molecule has 4 rings (SSSR count). The van der Waals surface area contributed by atoms with Crippen LogP contribution in [0.5, 0.6) is 11.6 Å². The minimum atomic E-state index is -0.421. The highest BCUT2D eigenvalue weighted by molar-refractivity contribution is 5.60. The molecule has 3 aromatic rings. The van der Waals surface area contributed by atoms with Crippen LogP contribution in [0.15, 0.2) is 42.0 Å². The van der Waals surface area contributed by atoms with Crippen LogP contribution >= 0.6 is 0 Å². The molecule has 1 unspecified atom stereocenters. The van der Waals surface area contributed by atoms with Gasteiger partial charge in [-0.15, -0.1) is 0 Å². The van der Waals surface area contributed by atoms with Gasteiger partial charge in [-0.25, -0.2) is 10.1 Å². The fourth-order valence-electron chi connectivity index (χ4n) is 3.64. The second kappa shape index (κ2) is 6.78. The van der Waals surface area contributed by atoms with E-state index in [4.69, 9.17) is 15.2 Å². The van der Waals surface area contributed by atoms with Crippen LogP contribution in [0.1, 0.15) is 35.5 Å². The zero-order valence-electron chi connectivity index (χ0n) is 15.9. The Hall–Kier alpha value is -3.73. The molecule has 142 valence electrons. The predicted molar refractivity (Wildman–Crippen MR) is 102 cm³/mol. The lowest BCUT2D eigenvalue weighted by Gasteiger charge is -2.25. The highest BCUT2D eigenvalue weighted by Gasteiger charge is 2.36. The number of imidazole rings is 1. The Balaban J connectivity index is 1.91. The fourth-order valence-corrected chi connectivity index (χ4v) is 3.64. The van der Waals surface area contributed by atoms with Gasteiger partial charge < -0.3 is 19.8 Å². The lowest BCUT2D eigenvalue weighted by atomic mass is 9.83. The summed E-state index contributed by atoms with van der Waals surface area (Å²) >= 11 is 0. The van der Waals surface area contributed by atoms with Crippen molar-refractivity contribution in [2.24, 2.45) is 5.73 Å². The summed E-state index contributed by atoms with van der Waals surface area (Å²) in [5.41, 5.74) is 9.77. The van der Waals surface area contributed by atoms with E-state index < -0.39 is 5.92 Å². The van der Waals surface area contributed by atoms with Crippen LogP contribution in [0.3, 0.4) is 0 Å². The molecule has 8 heteroatoms. The first kappa shape index (κ1) is 17.7. The Morgan fingerprint density at radius 2 is 2.25 bits per heavy atom. The zero-order valence-corrected chi connectivity index (χ0v) is 15.9. The summed E-state index contributed by atoms with van der Waals surface area (Å²) in [5.74, 6) is 1.63. The van der Waals surface area contributed by atoms with E-state index in [9.17, 15) is 5.26 Å².